The minimum atomic E-state index is -1.15. The number of primary amides is 1. The van der Waals surface area contributed by atoms with Crippen LogP contribution in [0.5, 0.6) is 0 Å². The lowest BCUT2D eigenvalue weighted by Crippen LogP contribution is -2.54. The summed E-state index contributed by atoms with van der Waals surface area (Å²) in [7, 11) is 1.51. The van der Waals surface area contributed by atoms with Crippen molar-refractivity contribution in [3.8, 4) is 0 Å². The molecule has 11 atom stereocenters. The highest BCUT2D eigenvalue weighted by molar-refractivity contribution is 5.90. The first-order valence-corrected chi connectivity index (χ1v) is 29.1. The molecule has 2 unspecified atom stereocenters. The van der Waals surface area contributed by atoms with Crippen LogP contribution in [0.15, 0.2) is 4.99 Å². The molecule has 0 spiro atoms. The Morgan fingerprint density at radius 3 is 1.75 bits per heavy atom. The Hall–Kier alpha value is -3.46. The Morgan fingerprint density at radius 2 is 1.16 bits per heavy atom. The van der Waals surface area contributed by atoms with Crippen molar-refractivity contribution in [3.63, 3.8) is 0 Å². The van der Waals surface area contributed by atoms with Crippen molar-refractivity contribution in [2.24, 2.45) is 74.4 Å². The van der Waals surface area contributed by atoms with Gasteiger partial charge in [0.25, 0.3) is 0 Å². The molecule has 4 aliphatic rings. The number of methoxy groups -OCH3 is 1. The standard InChI is InChI=1S/C57H102N6O13/c1-40(2)10-7-11-41(3)45-16-17-46-44-15-14-42-38-43(18-22-56(42,4)47(44)19-23-57(45,46)5)76-53(67)39-49(54(58)68)63-52(66)21-27-71-29-31-73-33-35-75-37-36-74-34-32-72-30-28-70-25-9-13-50(64)48(12-8-24-61-55(59)60)62-51(65)20-26-69-6/h40-49H,7-39H2,1-6H3,(H2,58,68)(H,62,65)(H,63,66)(H4,59,60,61)/t41-,42?,43?,44+,45-,46+,47+,48+,49+,56+,57-/m1/s1. The van der Waals surface area contributed by atoms with Gasteiger partial charge in [-0.3, -0.25) is 29.0 Å². The highest BCUT2D eigenvalue weighted by Gasteiger charge is 2.60. The van der Waals surface area contributed by atoms with Crippen LogP contribution < -0.4 is 27.8 Å². The van der Waals surface area contributed by atoms with Crippen molar-refractivity contribution in [1.82, 2.24) is 10.6 Å². The predicted octanol–water partition coefficient (Wildman–Crippen LogP) is 5.79. The molecule has 4 aliphatic carbocycles. The van der Waals surface area contributed by atoms with Crippen LogP contribution in [0.2, 0.25) is 0 Å². The number of carbonyl (C=O) groups excluding carboxylic acids is 5. The predicted molar refractivity (Wildman–Crippen MR) is 291 cm³/mol. The Balaban J connectivity index is 0.955. The van der Waals surface area contributed by atoms with Crippen molar-refractivity contribution in [2.75, 3.05) is 99.5 Å². The molecule has 19 heteroatoms. The van der Waals surface area contributed by atoms with Crippen LogP contribution in [0.1, 0.15) is 157 Å². The van der Waals surface area contributed by atoms with Crippen LogP contribution in [0.25, 0.3) is 0 Å². The molecule has 0 aromatic heterocycles. The number of guanidine groups is 1. The summed E-state index contributed by atoms with van der Waals surface area (Å²) in [5.74, 6) is 3.29. The first-order valence-electron chi connectivity index (χ1n) is 29.1. The number of amides is 3. The number of hydrogen-bond acceptors (Lipinski definition) is 14. The number of hydrogen-bond donors (Lipinski definition) is 5. The van der Waals surface area contributed by atoms with Crippen molar-refractivity contribution < 1.29 is 61.9 Å². The minimum Gasteiger partial charge on any atom is -0.462 e. The maximum absolute atomic E-state index is 13.2. The fourth-order valence-electron chi connectivity index (χ4n) is 13.4. The fraction of sp³-hybridized carbons (Fsp3) is 0.895. The molecule has 0 bridgehead atoms. The summed E-state index contributed by atoms with van der Waals surface area (Å²) in [5, 5.41) is 5.39. The fourth-order valence-corrected chi connectivity index (χ4v) is 13.4. The van der Waals surface area contributed by atoms with Gasteiger partial charge in [-0.2, -0.15) is 0 Å². The lowest BCUT2D eigenvalue weighted by molar-refractivity contribution is -0.163. The number of rotatable bonds is 41. The third-order valence-corrected chi connectivity index (χ3v) is 17.4. The summed E-state index contributed by atoms with van der Waals surface area (Å²) in [6.45, 7) is 17.3. The maximum atomic E-state index is 13.2. The van der Waals surface area contributed by atoms with E-state index in [1.165, 1.54) is 64.9 Å². The van der Waals surface area contributed by atoms with Gasteiger partial charge in [0.1, 0.15) is 12.1 Å². The summed E-state index contributed by atoms with van der Waals surface area (Å²) in [6, 6.07) is -1.77. The van der Waals surface area contributed by atoms with Crippen molar-refractivity contribution in [3.05, 3.63) is 0 Å². The maximum Gasteiger partial charge on any atom is 0.308 e. The SMILES string of the molecule is COCCC(=O)N[C@@H](CCCN=C(N)N)C(=O)CCCOCCOCCOCCOCCOCCOCCC(=O)N[C@@H](CC(=O)OC1CC[C@@]2(C)C(CC[C@H]3[C@@H]4CC[C@H]([C@H](C)CCCC(C)C)[C@@]4(C)CC[C@@H]32)C1)C(N)=O. The second kappa shape index (κ2) is 35.2. The molecular weight excluding hydrogens is 977 g/mol. The molecule has 0 heterocycles. The number of aliphatic imine (C=N–C) groups is 1. The van der Waals surface area contributed by atoms with Gasteiger partial charge in [0, 0.05) is 39.5 Å². The van der Waals surface area contributed by atoms with Gasteiger partial charge in [-0.1, -0.05) is 53.9 Å². The van der Waals surface area contributed by atoms with E-state index in [0.29, 0.717) is 103 Å². The zero-order valence-corrected chi connectivity index (χ0v) is 47.6. The lowest BCUT2D eigenvalue weighted by Gasteiger charge is -2.61. The van der Waals surface area contributed by atoms with E-state index in [0.717, 1.165) is 54.8 Å². The van der Waals surface area contributed by atoms with Gasteiger partial charge in [0.05, 0.1) is 91.7 Å². The number of ketones is 1. The average molecular weight is 1080 g/mol. The molecule has 3 amide bonds. The summed E-state index contributed by atoms with van der Waals surface area (Å²) in [4.78, 5) is 67.1. The van der Waals surface area contributed by atoms with E-state index in [1.54, 1.807) is 0 Å². The van der Waals surface area contributed by atoms with Gasteiger partial charge in [-0.15, -0.1) is 0 Å². The number of carbonyl (C=O) groups is 5. The van der Waals surface area contributed by atoms with E-state index in [1.807, 2.05) is 0 Å². The third kappa shape index (κ3) is 22.4. The largest absolute Gasteiger partial charge is 0.462 e. The Labute approximate surface area is 455 Å². The highest BCUT2D eigenvalue weighted by atomic mass is 16.6. The number of Topliss-reactive ketones (excluding diaryl/α,β-unsaturated/α-hetero) is 1. The Kier molecular flexibility index (Phi) is 30.1. The molecule has 0 radical (unpaired) electrons. The highest BCUT2D eigenvalue weighted by Crippen LogP contribution is 2.68. The molecule has 4 saturated carbocycles. The molecule has 4 fully saturated rings. The van der Waals surface area contributed by atoms with E-state index in [9.17, 15) is 24.0 Å². The van der Waals surface area contributed by atoms with Gasteiger partial charge in [-0.25, -0.2) is 0 Å². The van der Waals surface area contributed by atoms with Crippen LogP contribution in [0.3, 0.4) is 0 Å². The van der Waals surface area contributed by atoms with Crippen molar-refractivity contribution >= 4 is 35.4 Å². The molecule has 4 rings (SSSR count). The van der Waals surface area contributed by atoms with Gasteiger partial charge in [0.15, 0.2) is 11.7 Å². The van der Waals surface area contributed by atoms with Crippen molar-refractivity contribution in [2.45, 2.75) is 175 Å². The topological polar surface area (TPSA) is 274 Å². The molecule has 19 nitrogen and oxygen atoms in total. The number of ether oxygens (including phenoxy) is 8. The first kappa shape index (κ1) is 65.1. The second-order valence-electron chi connectivity index (χ2n) is 23.1. The number of esters is 1. The van der Waals surface area contributed by atoms with Crippen molar-refractivity contribution in [1.29, 1.82) is 0 Å². The summed E-state index contributed by atoms with van der Waals surface area (Å²) >= 11 is 0. The van der Waals surface area contributed by atoms with Crippen LogP contribution in [0.4, 0.5) is 0 Å². The number of nitrogens with two attached hydrogens (primary N) is 3. The number of nitrogens with one attached hydrogen (secondary N) is 2. The van der Waals surface area contributed by atoms with Crippen LogP contribution in [-0.4, -0.2) is 153 Å². The van der Waals surface area contributed by atoms with E-state index in [2.05, 4.69) is 50.2 Å². The smallest absolute Gasteiger partial charge is 0.308 e. The zero-order chi connectivity index (χ0) is 55.4. The van der Waals surface area contributed by atoms with E-state index in [-0.39, 0.29) is 74.7 Å². The van der Waals surface area contributed by atoms with Gasteiger partial charge < -0.3 is 65.7 Å². The van der Waals surface area contributed by atoms with E-state index in [4.69, 9.17) is 55.1 Å². The van der Waals surface area contributed by atoms with Crippen LogP contribution in [-0.2, 0) is 61.9 Å². The molecule has 0 aromatic rings. The molecule has 8 N–H and O–H groups in total. The molecule has 0 aliphatic heterocycles. The monoisotopic (exact) mass is 1080 g/mol. The normalized spacial score (nSPS) is 26.1. The zero-order valence-electron chi connectivity index (χ0n) is 47.6. The number of fused-ring (bicyclic) bond motifs is 5. The third-order valence-electron chi connectivity index (χ3n) is 17.4. The van der Waals surface area contributed by atoms with E-state index < -0.39 is 29.9 Å². The molecule has 438 valence electrons. The average Bonchev–Trinajstić information content (AvgIpc) is 3.74. The van der Waals surface area contributed by atoms with Crippen LogP contribution in [0, 0.1) is 52.3 Å². The minimum absolute atomic E-state index is 0.000385. The quantitative estimate of drug-likeness (QED) is 0.0210. The molecule has 0 saturated heterocycles. The van der Waals surface area contributed by atoms with Crippen LogP contribution >= 0.6 is 0 Å². The lowest BCUT2D eigenvalue weighted by atomic mass is 9.44. The Bertz CT molecular complexity index is 1750. The Morgan fingerprint density at radius 1 is 0.592 bits per heavy atom. The van der Waals surface area contributed by atoms with E-state index >= 15 is 0 Å². The number of nitrogens with zero attached hydrogens (tertiary/aromatic N) is 1. The van der Waals surface area contributed by atoms with Gasteiger partial charge in [-0.05, 0) is 129 Å². The summed E-state index contributed by atoms with van der Waals surface area (Å²) < 4.78 is 44.2. The summed E-state index contributed by atoms with van der Waals surface area (Å²) in [6.07, 6.45) is 16.2. The molecule has 0 aromatic carbocycles. The first-order chi connectivity index (χ1) is 36.5. The van der Waals surface area contributed by atoms with Gasteiger partial charge >= 0.3 is 5.97 Å². The second-order valence-corrected chi connectivity index (χ2v) is 23.1. The molecule has 76 heavy (non-hydrogen) atoms. The van der Waals surface area contributed by atoms with Gasteiger partial charge in [0.2, 0.25) is 17.7 Å². The summed E-state index contributed by atoms with van der Waals surface area (Å²) in [5.41, 5.74) is 17.1. The molecular formula is C57H102N6O13.